The van der Waals surface area contributed by atoms with E-state index in [1.54, 1.807) is 30.5 Å². The molecule has 10 nitrogen and oxygen atoms in total. The summed E-state index contributed by atoms with van der Waals surface area (Å²) in [4.78, 5) is 20.3. The number of aromatic amines is 1. The molecule has 6 rings (SSSR count). The van der Waals surface area contributed by atoms with Gasteiger partial charge < -0.3 is 15.5 Å². The van der Waals surface area contributed by atoms with Gasteiger partial charge in [-0.1, -0.05) is 18.0 Å². The minimum Gasteiger partial charge on any atom is -0.618 e. The number of carbonyl (C=O) groups excluding carboxylic acids is 1. The number of imidazole rings is 1. The van der Waals surface area contributed by atoms with E-state index in [2.05, 4.69) is 30.8 Å². The van der Waals surface area contributed by atoms with E-state index in [1.165, 1.54) is 35.4 Å². The van der Waals surface area contributed by atoms with Crippen LogP contribution in [0.2, 0.25) is 5.02 Å². The number of nitrogens with one attached hydrogen (secondary N) is 2. The predicted octanol–water partition coefficient (Wildman–Crippen LogP) is 4.79. The van der Waals surface area contributed by atoms with Crippen molar-refractivity contribution in [3.05, 3.63) is 94.8 Å². The second-order valence-corrected chi connectivity index (χ2v) is 9.74. The van der Waals surface area contributed by atoms with Crippen molar-refractivity contribution in [3.63, 3.8) is 0 Å². The molecule has 5 aromatic rings. The Bertz CT molecular complexity index is 1670. The highest BCUT2D eigenvalue weighted by Gasteiger charge is 2.27. The van der Waals surface area contributed by atoms with Crippen LogP contribution in [0.1, 0.15) is 43.1 Å². The number of pyridine rings is 1. The molecule has 0 saturated carbocycles. The molecular weight excluding hydrogens is 523 g/mol. The normalized spacial score (nSPS) is 15.6. The third kappa shape index (κ3) is 4.96. The van der Waals surface area contributed by atoms with Crippen LogP contribution in [0.5, 0.6) is 0 Å². The monoisotopic (exact) mass is 544 g/mol. The Kier molecular flexibility index (Phi) is 6.49. The Labute approximate surface area is 227 Å². The van der Waals surface area contributed by atoms with E-state index >= 15 is 0 Å². The molecule has 39 heavy (non-hydrogen) atoms. The second kappa shape index (κ2) is 10.3. The number of amides is 1. The lowest BCUT2D eigenvalue weighted by atomic mass is 9.95. The molecule has 0 aliphatic carbocycles. The zero-order valence-corrected chi connectivity index (χ0v) is 21.3. The lowest BCUT2D eigenvalue weighted by Gasteiger charge is -2.17. The van der Waals surface area contributed by atoms with Crippen molar-refractivity contribution in [2.75, 3.05) is 5.32 Å². The van der Waals surface area contributed by atoms with Gasteiger partial charge in [-0.2, -0.15) is 9.41 Å². The molecule has 0 spiro atoms. The van der Waals surface area contributed by atoms with Crippen LogP contribution in [0, 0.1) is 11.0 Å². The minimum absolute atomic E-state index is 0.150. The summed E-state index contributed by atoms with van der Waals surface area (Å²) in [6.45, 7) is 0. The molecule has 1 unspecified atom stereocenters. The van der Waals surface area contributed by atoms with Crippen molar-refractivity contribution in [1.82, 2.24) is 30.2 Å². The SMILES string of the molecule is O=C1CCCCC(c2ccc(-c3cc(Cl)ccc3-n3cnnn3)c[n+]2[O-])c2ncc([nH]2)-c2cc(F)ccc2N1. The van der Waals surface area contributed by atoms with E-state index in [1.807, 2.05) is 6.07 Å². The fourth-order valence-electron chi connectivity index (χ4n) is 4.90. The van der Waals surface area contributed by atoms with E-state index in [-0.39, 0.29) is 11.8 Å². The molecule has 3 aromatic heterocycles. The summed E-state index contributed by atoms with van der Waals surface area (Å²) in [5.41, 5.74) is 4.02. The lowest BCUT2D eigenvalue weighted by molar-refractivity contribution is -0.614. The first-order chi connectivity index (χ1) is 19.0. The van der Waals surface area contributed by atoms with Crippen LogP contribution in [0.15, 0.2) is 67.3 Å². The molecule has 196 valence electrons. The summed E-state index contributed by atoms with van der Waals surface area (Å²) >= 11 is 6.28. The zero-order chi connectivity index (χ0) is 26.9. The Balaban J connectivity index is 1.40. The van der Waals surface area contributed by atoms with Crippen LogP contribution in [0.3, 0.4) is 0 Å². The summed E-state index contributed by atoms with van der Waals surface area (Å²) in [5, 5.41) is 28.2. The van der Waals surface area contributed by atoms with E-state index < -0.39 is 5.82 Å². The molecule has 0 saturated heterocycles. The van der Waals surface area contributed by atoms with Crippen LogP contribution in [-0.2, 0) is 4.79 Å². The maximum atomic E-state index is 14.1. The number of fused-ring (bicyclic) bond motifs is 4. The van der Waals surface area contributed by atoms with Crippen molar-refractivity contribution < 1.29 is 13.9 Å². The number of tetrazole rings is 1. The van der Waals surface area contributed by atoms with E-state index in [0.717, 1.165) is 4.73 Å². The Morgan fingerprint density at radius 1 is 1.10 bits per heavy atom. The second-order valence-electron chi connectivity index (χ2n) is 9.30. The van der Waals surface area contributed by atoms with Crippen molar-refractivity contribution in [2.24, 2.45) is 0 Å². The number of aromatic nitrogens is 7. The van der Waals surface area contributed by atoms with Gasteiger partial charge >= 0.3 is 0 Å². The molecule has 2 N–H and O–H groups in total. The number of H-pyrrole nitrogens is 1. The Hall–Kier alpha value is -4.64. The van der Waals surface area contributed by atoms with E-state index in [4.69, 9.17) is 11.6 Å². The Morgan fingerprint density at radius 2 is 2.00 bits per heavy atom. The van der Waals surface area contributed by atoms with Crippen molar-refractivity contribution in [2.45, 2.75) is 31.6 Å². The topological polar surface area (TPSA) is 128 Å². The van der Waals surface area contributed by atoms with Crippen molar-refractivity contribution >= 4 is 23.2 Å². The predicted molar refractivity (Wildman–Crippen MR) is 141 cm³/mol. The molecule has 0 radical (unpaired) electrons. The van der Waals surface area contributed by atoms with Gasteiger partial charge in [0.1, 0.15) is 23.9 Å². The molecule has 0 fully saturated rings. The van der Waals surface area contributed by atoms with Crippen LogP contribution >= 0.6 is 11.6 Å². The van der Waals surface area contributed by atoms with Gasteiger partial charge in [0, 0.05) is 34.2 Å². The first-order valence-electron chi connectivity index (χ1n) is 12.4. The number of hydrogen-bond acceptors (Lipinski definition) is 6. The first-order valence-corrected chi connectivity index (χ1v) is 12.7. The van der Waals surface area contributed by atoms with Crippen molar-refractivity contribution in [3.8, 4) is 28.1 Å². The third-order valence-electron chi connectivity index (χ3n) is 6.78. The van der Waals surface area contributed by atoms with Gasteiger partial charge in [0.15, 0.2) is 6.20 Å². The van der Waals surface area contributed by atoms with Crippen LogP contribution < -0.4 is 10.0 Å². The zero-order valence-electron chi connectivity index (χ0n) is 20.5. The highest BCUT2D eigenvalue weighted by molar-refractivity contribution is 6.31. The molecular formula is C27H22ClFN8O2. The minimum atomic E-state index is -0.433. The van der Waals surface area contributed by atoms with Gasteiger partial charge in [-0.05, 0) is 65.7 Å². The van der Waals surface area contributed by atoms with Crippen LogP contribution in [0.4, 0.5) is 10.1 Å². The van der Waals surface area contributed by atoms with Crippen LogP contribution in [0.25, 0.3) is 28.1 Å². The molecule has 2 aromatic carbocycles. The average molecular weight is 545 g/mol. The summed E-state index contributed by atoms with van der Waals surface area (Å²) in [7, 11) is 0. The average Bonchev–Trinajstić information content (AvgIpc) is 3.63. The fraction of sp³-hybridized carbons (Fsp3) is 0.185. The maximum absolute atomic E-state index is 14.1. The molecule has 1 atom stereocenters. The molecule has 2 bridgehead atoms. The number of carbonyl (C=O) groups is 1. The third-order valence-corrected chi connectivity index (χ3v) is 7.02. The van der Waals surface area contributed by atoms with Crippen LogP contribution in [-0.4, -0.2) is 36.1 Å². The number of rotatable bonds is 3. The van der Waals surface area contributed by atoms with Gasteiger partial charge in [0.25, 0.3) is 0 Å². The van der Waals surface area contributed by atoms with Gasteiger partial charge in [-0.3, -0.25) is 4.79 Å². The largest absolute Gasteiger partial charge is 0.618 e. The molecule has 1 amide bonds. The smallest absolute Gasteiger partial charge is 0.224 e. The number of hydrogen-bond donors (Lipinski definition) is 2. The standard InChI is InChI=1S/C27H22ClFN8O2/c28-17-6-10-24(36-15-31-34-35-36)20(11-17)16-5-9-25(37(39)14-16)19-3-1-2-4-26(38)32-22-8-7-18(29)12-21(22)23-13-30-27(19)33-23/h5-15,19H,1-4H2,(H,30,33)(H,32,38). The molecule has 1 aliphatic rings. The summed E-state index contributed by atoms with van der Waals surface area (Å²) in [6, 6.07) is 13.1. The van der Waals surface area contributed by atoms with E-state index in [9.17, 15) is 14.4 Å². The molecule has 1 aliphatic heterocycles. The summed E-state index contributed by atoms with van der Waals surface area (Å²) in [6.07, 6.45) is 6.78. The number of benzene rings is 2. The summed E-state index contributed by atoms with van der Waals surface area (Å²) < 4.78 is 16.5. The lowest BCUT2D eigenvalue weighted by Crippen LogP contribution is -2.34. The number of nitrogens with zero attached hydrogens (tertiary/aromatic N) is 6. The van der Waals surface area contributed by atoms with Gasteiger partial charge in [-0.25, -0.2) is 9.37 Å². The highest BCUT2D eigenvalue weighted by Crippen LogP contribution is 2.34. The quantitative estimate of drug-likeness (QED) is 0.248. The number of anilines is 1. The van der Waals surface area contributed by atoms with Crippen molar-refractivity contribution in [1.29, 1.82) is 0 Å². The van der Waals surface area contributed by atoms with E-state index in [0.29, 0.717) is 76.0 Å². The van der Waals surface area contributed by atoms with Gasteiger partial charge in [0.05, 0.1) is 23.3 Å². The Morgan fingerprint density at radius 3 is 2.82 bits per heavy atom. The van der Waals surface area contributed by atoms with Gasteiger partial charge in [-0.15, -0.1) is 5.10 Å². The highest BCUT2D eigenvalue weighted by atomic mass is 35.5. The fourth-order valence-corrected chi connectivity index (χ4v) is 5.07. The first kappa shape index (κ1) is 24.7. The summed E-state index contributed by atoms with van der Waals surface area (Å²) in [5.74, 6) is -0.370. The number of halogens is 2. The van der Waals surface area contributed by atoms with Gasteiger partial charge in [0.2, 0.25) is 11.6 Å². The maximum Gasteiger partial charge on any atom is 0.224 e. The molecule has 4 heterocycles. The molecule has 12 heteroatoms.